The monoisotopic (exact) mass is 876 g/mol. The van der Waals surface area contributed by atoms with Crippen LogP contribution in [0.1, 0.15) is 51.4 Å². The van der Waals surface area contributed by atoms with Crippen LogP contribution in [0.3, 0.4) is 0 Å². The Morgan fingerprint density at radius 3 is 1.11 bits per heavy atom. The van der Waals surface area contributed by atoms with E-state index in [1.165, 1.54) is 11.1 Å². The predicted octanol–water partition coefficient (Wildman–Crippen LogP) is 12.9. The minimum atomic E-state index is -0.135. The predicted molar refractivity (Wildman–Crippen MR) is 246 cm³/mol. The minimum absolute atomic E-state index is 0.0625. The summed E-state index contributed by atoms with van der Waals surface area (Å²) >= 11 is 3.59. The summed E-state index contributed by atoms with van der Waals surface area (Å²) in [6.45, 7) is 5.21. The van der Waals surface area contributed by atoms with E-state index >= 15 is 0 Å². The fourth-order valence-corrected chi connectivity index (χ4v) is 7.22. The lowest BCUT2D eigenvalue weighted by Crippen LogP contribution is -2.27. The average molecular weight is 878 g/mol. The Bertz CT molecular complexity index is 2200. The molecule has 7 aromatic rings. The van der Waals surface area contributed by atoms with Crippen LogP contribution in [0.15, 0.2) is 182 Å². The van der Waals surface area contributed by atoms with E-state index in [0.717, 1.165) is 68.1 Å². The number of rotatable bonds is 23. The van der Waals surface area contributed by atoms with Gasteiger partial charge in [-0.3, -0.25) is 0 Å². The van der Waals surface area contributed by atoms with Gasteiger partial charge in [-0.25, -0.2) is 0 Å². The Morgan fingerprint density at radius 2 is 0.738 bits per heavy atom. The van der Waals surface area contributed by atoms with Crippen molar-refractivity contribution in [2.75, 3.05) is 6.61 Å². The zero-order valence-electron chi connectivity index (χ0n) is 34.7. The van der Waals surface area contributed by atoms with Gasteiger partial charge in [-0.2, -0.15) is 0 Å². The molecule has 2 atom stereocenters. The van der Waals surface area contributed by atoms with Crippen molar-refractivity contribution in [3.05, 3.63) is 226 Å². The lowest BCUT2D eigenvalue weighted by molar-refractivity contribution is -0.0245. The molecule has 0 saturated heterocycles. The summed E-state index contributed by atoms with van der Waals surface area (Å²) in [5.74, 6) is 2.99. The standard InChI is InChI=1S/C54H53BrO6/c1-41(57-39-49-29-53(60-37-46-18-10-4-11-19-46)32-54(30-49)61-38-47-20-12-5-13-21-47)50(26-42-22-24-43(33-55)25-23-42)40-56-34-48-27-51(58-35-44-14-6-2-7-15-44)31-52(28-48)59-36-45-16-8-3-9-17-45/h2-25,27-32,41,50H,26,33-40H2,1H3/t41-,50+/m1/s1. The molecule has 312 valence electrons. The summed E-state index contributed by atoms with van der Waals surface area (Å²) < 4.78 is 38.4. The van der Waals surface area contributed by atoms with Gasteiger partial charge in [0.25, 0.3) is 0 Å². The number of halogens is 1. The lowest BCUT2D eigenvalue weighted by atomic mass is 9.95. The van der Waals surface area contributed by atoms with Gasteiger partial charge in [0.15, 0.2) is 0 Å². The van der Waals surface area contributed by atoms with Crippen molar-refractivity contribution in [3.63, 3.8) is 0 Å². The molecule has 0 saturated carbocycles. The number of alkyl halides is 1. The van der Waals surface area contributed by atoms with Crippen LogP contribution in [-0.4, -0.2) is 12.7 Å². The van der Waals surface area contributed by atoms with E-state index in [2.05, 4.69) is 95.7 Å². The first-order chi connectivity index (χ1) is 30.0. The van der Waals surface area contributed by atoms with Crippen molar-refractivity contribution in [3.8, 4) is 23.0 Å². The van der Waals surface area contributed by atoms with E-state index in [1.54, 1.807) is 0 Å². The summed E-state index contributed by atoms with van der Waals surface area (Å²) in [7, 11) is 0. The Balaban J connectivity index is 1.04. The first-order valence-corrected chi connectivity index (χ1v) is 21.9. The maximum absolute atomic E-state index is 6.69. The van der Waals surface area contributed by atoms with Crippen LogP contribution in [0.25, 0.3) is 0 Å². The van der Waals surface area contributed by atoms with E-state index in [9.17, 15) is 0 Å². The molecule has 61 heavy (non-hydrogen) atoms. The highest BCUT2D eigenvalue weighted by Gasteiger charge is 2.20. The van der Waals surface area contributed by atoms with E-state index in [-0.39, 0.29) is 12.0 Å². The summed E-state index contributed by atoms with van der Waals surface area (Å²) in [5, 5.41) is 0.815. The molecule has 0 N–H and O–H groups in total. The van der Waals surface area contributed by atoms with Crippen LogP contribution in [0.5, 0.6) is 23.0 Å². The summed E-state index contributed by atoms with van der Waals surface area (Å²) in [6.07, 6.45) is 0.657. The normalized spacial score (nSPS) is 12.0. The van der Waals surface area contributed by atoms with Crippen molar-refractivity contribution in [2.45, 2.75) is 64.4 Å². The first kappa shape index (κ1) is 43.2. The molecule has 0 fully saturated rings. The van der Waals surface area contributed by atoms with Crippen molar-refractivity contribution in [1.82, 2.24) is 0 Å². The van der Waals surface area contributed by atoms with E-state index in [1.807, 2.05) is 109 Å². The second-order valence-corrected chi connectivity index (χ2v) is 15.7. The molecule has 0 bridgehead atoms. The Morgan fingerprint density at radius 1 is 0.377 bits per heavy atom. The molecule has 0 aromatic heterocycles. The SMILES string of the molecule is C[C@@H](OCc1cc(OCc2ccccc2)cc(OCc2ccccc2)c1)[C@H](COCc1cc(OCc2ccccc2)cc(OCc2ccccc2)c1)Cc1ccc(CBr)cc1. The molecule has 6 nitrogen and oxygen atoms in total. The van der Waals surface area contributed by atoms with Crippen molar-refractivity contribution in [2.24, 2.45) is 5.92 Å². The fraction of sp³-hybridized carbons (Fsp3) is 0.222. The van der Waals surface area contributed by atoms with Crippen molar-refractivity contribution >= 4 is 15.9 Å². The third-order valence-electron chi connectivity index (χ3n) is 10.3. The van der Waals surface area contributed by atoms with E-state index in [0.29, 0.717) is 46.2 Å². The Labute approximate surface area is 369 Å². The summed E-state index contributed by atoms with van der Waals surface area (Å²) in [6, 6.07) is 61.5. The third kappa shape index (κ3) is 14.4. The molecule has 0 aliphatic carbocycles. The van der Waals surface area contributed by atoms with Crippen LogP contribution in [0.4, 0.5) is 0 Å². The third-order valence-corrected chi connectivity index (χ3v) is 11.0. The zero-order chi connectivity index (χ0) is 41.9. The summed E-state index contributed by atoms with van der Waals surface area (Å²) in [5.41, 5.74) is 8.79. The molecule has 0 amide bonds. The van der Waals surface area contributed by atoms with Crippen LogP contribution >= 0.6 is 15.9 Å². The largest absolute Gasteiger partial charge is 0.489 e. The van der Waals surface area contributed by atoms with Crippen LogP contribution in [0.2, 0.25) is 0 Å². The zero-order valence-corrected chi connectivity index (χ0v) is 36.3. The second kappa shape index (κ2) is 23.2. The molecule has 7 aromatic carbocycles. The van der Waals surface area contributed by atoms with E-state index in [4.69, 9.17) is 28.4 Å². The first-order valence-electron chi connectivity index (χ1n) is 20.8. The van der Waals surface area contributed by atoms with Crippen LogP contribution < -0.4 is 18.9 Å². The van der Waals surface area contributed by atoms with Gasteiger partial charge in [-0.1, -0.05) is 162 Å². The fourth-order valence-electron chi connectivity index (χ4n) is 6.84. The van der Waals surface area contributed by atoms with Crippen LogP contribution in [-0.2, 0) is 60.9 Å². The van der Waals surface area contributed by atoms with Gasteiger partial charge < -0.3 is 28.4 Å². The second-order valence-electron chi connectivity index (χ2n) is 15.2. The van der Waals surface area contributed by atoms with Gasteiger partial charge in [-0.15, -0.1) is 0 Å². The number of ether oxygens (including phenoxy) is 6. The molecule has 0 aliphatic heterocycles. The van der Waals surface area contributed by atoms with Gasteiger partial charge in [0.05, 0.1) is 25.9 Å². The maximum atomic E-state index is 6.69. The maximum Gasteiger partial charge on any atom is 0.123 e. The van der Waals surface area contributed by atoms with Gasteiger partial charge in [0.2, 0.25) is 0 Å². The van der Waals surface area contributed by atoms with E-state index < -0.39 is 0 Å². The molecule has 7 rings (SSSR count). The van der Waals surface area contributed by atoms with Crippen molar-refractivity contribution < 1.29 is 28.4 Å². The highest BCUT2D eigenvalue weighted by Crippen LogP contribution is 2.29. The highest BCUT2D eigenvalue weighted by molar-refractivity contribution is 9.08. The lowest BCUT2D eigenvalue weighted by Gasteiger charge is -2.25. The van der Waals surface area contributed by atoms with Gasteiger partial charge in [0.1, 0.15) is 49.4 Å². The topological polar surface area (TPSA) is 55.4 Å². The Kier molecular flexibility index (Phi) is 16.5. The molecule has 0 heterocycles. The molecular weight excluding hydrogens is 824 g/mol. The average Bonchev–Trinajstić information content (AvgIpc) is 3.32. The minimum Gasteiger partial charge on any atom is -0.489 e. The quantitative estimate of drug-likeness (QED) is 0.0597. The highest BCUT2D eigenvalue weighted by atomic mass is 79.9. The molecule has 0 radical (unpaired) electrons. The smallest absolute Gasteiger partial charge is 0.123 e. The molecule has 0 spiro atoms. The number of hydrogen-bond donors (Lipinski definition) is 0. The van der Waals surface area contributed by atoms with Crippen molar-refractivity contribution in [1.29, 1.82) is 0 Å². The van der Waals surface area contributed by atoms with Gasteiger partial charge in [0, 0.05) is 23.4 Å². The molecule has 7 heteroatoms. The van der Waals surface area contributed by atoms with Crippen LogP contribution in [0, 0.1) is 5.92 Å². The van der Waals surface area contributed by atoms with Gasteiger partial charge >= 0.3 is 0 Å². The Hall–Kier alpha value is -5.86. The molecule has 0 aliphatic rings. The molecule has 0 unspecified atom stereocenters. The van der Waals surface area contributed by atoms with Gasteiger partial charge in [-0.05, 0) is 82.1 Å². The number of hydrogen-bond acceptors (Lipinski definition) is 6. The molecular formula is C54H53BrO6. The summed E-state index contributed by atoms with van der Waals surface area (Å²) in [4.78, 5) is 0. The number of benzene rings is 7.